The van der Waals surface area contributed by atoms with Gasteiger partial charge in [-0.05, 0) is 62.1 Å². The minimum absolute atomic E-state index is 0.181. The van der Waals surface area contributed by atoms with Crippen molar-refractivity contribution in [2.45, 2.75) is 50.6 Å². The molecule has 1 aliphatic carbocycles. The van der Waals surface area contributed by atoms with Gasteiger partial charge in [-0.3, -0.25) is 4.79 Å². The Hall–Kier alpha value is -2.38. The van der Waals surface area contributed by atoms with Gasteiger partial charge in [0.2, 0.25) is 15.9 Å². The summed E-state index contributed by atoms with van der Waals surface area (Å²) in [6.07, 6.45) is 4.21. The highest BCUT2D eigenvalue weighted by molar-refractivity contribution is 7.89. The van der Waals surface area contributed by atoms with Crippen LogP contribution in [-0.4, -0.2) is 20.4 Å². The van der Waals surface area contributed by atoms with E-state index in [1.54, 1.807) is 38.1 Å². The summed E-state index contributed by atoms with van der Waals surface area (Å²) < 4.78 is 32.8. The summed E-state index contributed by atoms with van der Waals surface area (Å²) >= 11 is 0. The van der Waals surface area contributed by atoms with Gasteiger partial charge in [0, 0.05) is 24.6 Å². The molecular formula is C21H26N2O4S. The van der Waals surface area contributed by atoms with E-state index >= 15 is 0 Å². The van der Waals surface area contributed by atoms with Crippen LogP contribution in [0.1, 0.15) is 50.2 Å². The highest BCUT2D eigenvalue weighted by Crippen LogP contribution is 2.47. The summed E-state index contributed by atoms with van der Waals surface area (Å²) in [6, 6.07) is 10.2. The Bertz CT molecular complexity index is 976. The molecule has 2 N–H and O–H groups in total. The van der Waals surface area contributed by atoms with E-state index < -0.39 is 10.0 Å². The highest BCUT2D eigenvalue weighted by atomic mass is 32.2. The number of carbonyl (C=O) groups excluding carboxylic acids is 1. The van der Waals surface area contributed by atoms with Crippen molar-refractivity contribution in [3.8, 4) is 0 Å². The zero-order chi connectivity index (χ0) is 20.3. The molecule has 0 bridgehead atoms. The third kappa shape index (κ3) is 5.33. The molecule has 1 fully saturated rings. The number of sulfonamides is 1. The molecule has 150 valence electrons. The van der Waals surface area contributed by atoms with E-state index in [0.29, 0.717) is 23.2 Å². The van der Waals surface area contributed by atoms with E-state index in [0.717, 1.165) is 12.2 Å². The number of nitrogens with one attached hydrogen (secondary N) is 2. The van der Waals surface area contributed by atoms with Crippen molar-refractivity contribution in [3.05, 3.63) is 59.6 Å². The number of benzene rings is 1. The van der Waals surface area contributed by atoms with E-state index in [9.17, 15) is 13.2 Å². The molecule has 3 rings (SSSR count). The number of carbonyl (C=O) groups is 1. The van der Waals surface area contributed by atoms with Gasteiger partial charge in [-0.2, -0.15) is 0 Å². The second kappa shape index (κ2) is 8.32. The second-order valence-electron chi connectivity index (χ2n) is 7.53. The van der Waals surface area contributed by atoms with E-state index in [1.165, 1.54) is 12.1 Å². The van der Waals surface area contributed by atoms with Crippen molar-refractivity contribution < 1.29 is 17.6 Å². The molecule has 6 nitrogen and oxygen atoms in total. The SMILES string of the molecule is CC(C)NS(=O)(=O)c1cccc(CNC(=O)/C=C/c2ccc(C3CC3C)o2)c1. The Morgan fingerprint density at radius 1 is 1.29 bits per heavy atom. The molecule has 1 heterocycles. The number of hydrogen-bond acceptors (Lipinski definition) is 4. The molecule has 0 aliphatic heterocycles. The first-order valence-electron chi connectivity index (χ1n) is 9.41. The van der Waals surface area contributed by atoms with Crippen molar-refractivity contribution in [1.29, 1.82) is 0 Å². The van der Waals surface area contributed by atoms with Gasteiger partial charge in [0.05, 0.1) is 4.90 Å². The molecule has 1 amide bonds. The molecular weight excluding hydrogens is 376 g/mol. The summed E-state index contributed by atoms with van der Waals surface area (Å²) in [5, 5.41) is 2.75. The smallest absolute Gasteiger partial charge is 0.244 e. The standard InChI is InChI=1S/C21H26N2O4S/c1-14(2)23-28(25,26)18-6-4-5-16(12-18)13-22-21(24)10-8-17-7-9-20(27-17)19-11-15(19)3/h4-10,12,14-15,19,23H,11,13H2,1-3H3,(H,22,24)/b10-8+. The van der Waals surface area contributed by atoms with Crippen LogP contribution < -0.4 is 10.0 Å². The molecule has 28 heavy (non-hydrogen) atoms. The van der Waals surface area contributed by atoms with Crippen molar-refractivity contribution in [2.75, 3.05) is 0 Å². The van der Waals surface area contributed by atoms with Crippen LogP contribution in [0.3, 0.4) is 0 Å². The lowest BCUT2D eigenvalue weighted by molar-refractivity contribution is -0.116. The fourth-order valence-corrected chi connectivity index (χ4v) is 4.30. The lowest BCUT2D eigenvalue weighted by atomic mass is 10.2. The molecule has 2 unspecified atom stereocenters. The summed E-state index contributed by atoms with van der Waals surface area (Å²) in [5.74, 6) is 2.52. The predicted octanol–water partition coefficient (Wildman–Crippen LogP) is 3.42. The van der Waals surface area contributed by atoms with Crippen molar-refractivity contribution in [2.24, 2.45) is 5.92 Å². The third-order valence-electron chi connectivity index (χ3n) is 4.59. The first kappa shape index (κ1) is 20.4. The van der Waals surface area contributed by atoms with E-state index in [4.69, 9.17) is 4.42 Å². The van der Waals surface area contributed by atoms with Crippen LogP contribution in [-0.2, 0) is 21.4 Å². The monoisotopic (exact) mass is 402 g/mol. The molecule has 0 saturated heterocycles. The minimum atomic E-state index is -3.56. The minimum Gasteiger partial charge on any atom is -0.461 e. The Balaban J connectivity index is 1.56. The summed E-state index contributed by atoms with van der Waals surface area (Å²) in [4.78, 5) is 12.2. The quantitative estimate of drug-likeness (QED) is 0.662. The molecule has 7 heteroatoms. The van der Waals surface area contributed by atoms with Gasteiger partial charge >= 0.3 is 0 Å². The molecule has 1 aliphatic rings. The van der Waals surface area contributed by atoms with Crippen molar-refractivity contribution >= 4 is 22.0 Å². The maximum Gasteiger partial charge on any atom is 0.244 e. The predicted molar refractivity (Wildman–Crippen MR) is 108 cm³/mol. The van der Waals surface area contributed by atoms with Gasteiger partial charge in [-0.15, -0.1) is 0 Å². The molecule has 1 aromatic heterocycles. The van der Waals surface area contributed by atoms with Gasteiger partial charge in [-0.25, -0.2) is 13.1 Å². The Morgan fingerprint density at radius 3 is 2.71 bits per heavy atom. The van der Waals surface area contributed by atoms with Crippen LogP contribution in [0.5, 0.6) is 0 Å². The third-order valence-corrected chi connectivity index (χ3v) is 6.24. The molecule has 2 atom stereocenters. The number of amides is 1. The highest BCUT2D eigenvalue weighted by Gasteiger charge is 2.36. The zero-order valence-corrected chi connectivity index (χ0v) is 17.1. The van der Waals surface area contributed by atoms with E-state index in [1.807, 2.05) is 12.1 Å². The largest absolute Gasteiger partial charge is 0.461 e. The van der Waals surface area contributed by atoms with E-state index in [2.05, 4.69) is 17.0 Å². The lowest BCUT2D eigenvalue weighted by Crippen LogP contribution is -2.30. The number of furan rings is 1. The lowest BCUT2D eigenvalue weighted by Gasteiger charge is -2.10. The first-order valence-corrected chi connectivity index (χ1v) is 10.9. The van der Waals surface area contributed by atoms with Crippen LogP contribution in [0.4, 0.5) is 0 Å². The van der Waals surface area contributed by atoms with Crippen LogP contribution in [0, 0.1) is 5.92 Å². The summed E-state index contributed by atoms with van der Waals surface area (Å²) in [6.45, 7) is 5.95. The van der Waals surface area contributed by atoms with Crippen LogP contribution in [0.25, 0.3) is 6.08 Å². The Labute approximate surface area is 166 Å². The average Bonchev–Trinajstić information content (AvgIpc) is 3.17. The second-order valence-corrected chi connectivity index (χ2v) is 9.25. The molecule has 1 saturated carbocycles. The van der Waals surface area contributed by atoms with Crippen molar-refractivity contribution in [1.82, 2.24) is 10.0 Å². The zero-order valence-electron chi connectivity index (χ0n) is 16.3. The van der Waals surface area contributed by atoms with Crippen LogP contribution >= 0.6 is 0 Å². The molecule has 1 aromatic carbocycles. The fourth-order valence-electron chi connectivity index (χ4n) is 2.98. The van der Waals surface area contributed by atoms with Gasteiger partial charge in [0.15, 0.2) is 0 Å². The van der Waals surface area contributed by atoms with Gasteiger partial charge in [0.25, 0.3) is 0 Å². The fraction of sp³-hybridized carbons (Fsp3) is 0.381. The van der Waals surface area contributed by atoms with Crippen molar-refractivity contribution in [3.63, 3.8) is 0 Å². The molecule has 0 spiro atoms. The van der Waals surface area contributed by atoms with Gasteiger partial charge < -0.3 is 9.73 Å². The average molecular weight is 403 g/mol. The van der Waals surface area contributed by atoms with Crippen LogP contribution in [0.15, 0.2) is 51.8 Å². The van der Waals surface area contributed by atoms with Gasteiger partial charge in [0.1, 0.15) is 11.5 Å². The first-order chi connectivity index (χ1) is 13.2. The Kier molecular flexibility index (Phi) is 6.05. The summed E-state index contributed by atoms with van der Waals surface area (Å²) in [7, 11) is -3.56. The molecule has 2 aromatic rings. The number of rotatable bonds is 8. The molecule has 0 radical (unpaired) electrons. The number of hydrogen-bond donors (Lipinski definition) is 2. The maximum absolute atomic E-state index is 12.2. The van der Waals surface area contributed by atoms with E-state index in [-0.39, 0.29) is 23.4 Å². The maximum atomic E-state index is 12.2. The normalized spacial score (nSPS) is 19.3. The Morgan fingerprint density at radius 2 is 2.04 bits per heavy atom. The topological polar surface area (TPSA) is 88.4 Å². The van der Waals surface area contributed by atoms with Gasteiger partial charge in [-0.1, -0.05) is 19.1 Å². The van der Waals surface area contributed by atoms with Crippen LogP contribution in [0.2, 0.25) is 0 Å². The summed E-state index contributed by atoms with van der Waals surface area (Å²) in [5.41, 5.74) is 0.705.